The summed E-state index contributed by atoms with van der Waals surface area (Å²) in [5.41, 5.74) is 1.65. The number of fused-ring (bicyclic) bond motifs is 9. The molecule has 8 bridgehead atoms. The number of anilines is 1. The van der Waals surface area contributed by atoms with Crippen molar-refractivity contribution in [3.63, 3.8) is 0 Å². The van der Waals surface area contributed by atoms with Crippen LogP contribution in [0, 0.1) is 5.92 Å². The van der Waals surface area contributed by atoms with Crippen molar-refractivity contribution in [2.75, 3.05) is 51.6 Å². The predicted octanol–water partition coefficient (Wildman–Crippen LogP) is 5.61. The summed E-state index contributed by atoms with van der Waals surface area (Å²) in [6.45, 7) is 10.7. The Bertz CT molecular complexity index is 1630. The fourth-order valence-electron chi connectivity index (χ4n) is 7.61. The maximum absolute atomic E-state index is 15.9. The molecule has 9 nitrogen and oxygen atoms in total. The van der Waals surface area contributed by atoms with Gasteiger partial charge in [0.05, 0.1) is 5.39 Å². The third kappa shape index (κ3) is 7.06. The molecular weight excluding hydrogens is 600 g/mol. The van der Waals surface area contributed by atoms with E-state index in [1.54, 1.807) is 30.1 Å². The minimum absolute atomic E-state index is 0.0465. The highest BCUT2D eigenvalue weighted by molar-refractivity contribution is 5.88. The van der Waals surface area contributed by atoms with Crippen LogP contribution in [0.3, 0.4) is 0 Å². The number of nitrogens with zero attached hydrogens (tertiary/aromatic N) is 6. The Morgan fingerprint density at radius 3 is 2.38 bits per heavy atom. The largest absolute Gasteiger partial charge is 0.363 e. The molecule has 0 unspecified atom stereocenters. The second-order valence-corrected chi connectivity index (χ2v) is 14.1. The van der Waals surface area contributed by atoms with Crippen LogP contribution in [0.1, 0.15) is 87.9 Å². The number of hydrogen-bond acceptors (Lipinski definition) is 7. The molecule has 0 aliphatic carbocycles. The minimum atomic E-state index is -2.93. The number of likely N-dealkylation sites (N-methyl/N-ethyl adjacent to an activating group) is 1. The standard InChI is InChI=1S/C36H49F2N7O2/c1-24(2)44-18-10-26(11-19-44)30-21-31-33-39-23-40-34(31)45(35(30)47)22-32(46)42(4)14-5-6-15-43-16-12-28(13-17-43)36(37,38)29-9-7-8-27(20-29)25(3)41-33/h7-9,20-21,23-26,28H,5-6,10-19,22H2,1-4H3,(H,39,40,41)/t25-/m1/s1. The third-order valence-corrected chi connectivity index (χ3v) is 10.8. The van der Waals surface area contributed by atoms with Crippen LogP contribution in [-0.4, -0.2) is 87.5 Å². The molecule has 7 rings (SSSR count). The highest BCUT2D eigenvalue weighted by Crippen LogP contribution is 2.42. The smallest absolute Gasteiger partial charge is 0.276 e. The van der Waals surface area contributed by atoms with E-state index in [1.165, 1.54) is 10.9 Å². The summed E-state index contributed by atoms with van der Waals surface area (Å²) >= 11 is 0. The quantitative estimate of drug-likeness (QED) is 0.387. The van der Waals surface area contributed by atoms with Gasteiger partial charge in [0.15, 0.2) is 0 Å². The van der Waals surface area contributed by atoms with Crippen LogP contribution in [0.25, 0.3) is 11.0 Å². The Hall–Kier alpha value is -3.44. The van der Waals surface area contributed by atoms with Crippen molar-refractivity contribution in [1.29, 1.82) is 0 Å². The lowest BCUT2D eigenvalue weighted by molar-refractivity contribution is -0.130. The number of carbonyl (C=O) groups excluding carboxylic acids is 1. The summed E-state index contributed by atoms with van der Waals surface area (Å²) in [7, 11) is 1.78. The zero-order valence-electron chi connectivity index (χ0n) is 28.2. The molecule has 2 saturated heterocycles. The monoisotopic (exact) mass is 649 g/mol. The van der Waals surface area contributed by atoms with Crippen LogP contribution < -0.4 is 10.9 Å². The highest BCUT2D eigenvalue weighted by Gasteiger charge is 2.42. The minimum Gasteiger partial charge on any atom is -0.363 e. The molecular formula is C36H49F2N7O2. The average Bonchev–Trinajstić information content (AvgIpc) is 3.07. The number of alkyl halides is 2. The number of hydrogen-bond donors (Lipinski definition) is 1. The number of nitrogens with one attached hydrogen (secondary N) is 1. The van der Waals surface area contributed by atoms with Crippen molar-refractivity contribution < 1.29 is 13.6 Å². The SMILES string of the molecule is CC(C)N1CCC(c2cc3c4ncnc3n(c2=O)CC(=O)N(C)CCCCN2CCC(CC2)C(F)(F)c2cccc(c2)[C@@H](C)N4)CC1. The average molecular weight is 650 g/mol. The van der Waals surface area contributed by atoms with Gasteiger partial charge in [0, 0.05) is 42.7 Å². The molecule has 4 aliphatic heterocycles. The zero-order chi connectivity index (χ0) is 33.3. The molecule has 0 spiro atoms. The van der Waals surface area contributed by atoms with E-state index in [0.717, 1.165) is 50.9 Å². The number of piperidine rings is 2. The topological polar surface area (TPSA) is 86.6 Å². The molecule has 0 saturated carbocycles. The van der Waals surface area contributed by atoms with Gasteiger partial charge in [0.25, 0.3) is 11.5 Å². The van der Waals surface area contributed by atoms with E-state index in [0.29, 0.717) is 60.9 Å². The molecule has 0 radical (unpaired) electrons. The molecule has 6 heterocycles. The fraction of sp³-hybridized carbons (Fsp3) is 0.611. The Labute approximate surface area is 276 Å². The van der Waals surface area contributed by atoms with Gasteiger partial charge in [-0.1, -0.05) is 18.2 Å². The lowest BCUT2D eigenvalue weighted by atomic mass is 9.85. The molecule has 4 aliphatic rings. The van der Waals surface area contributed by atoms with Crippen molar-refractivity contribution in [3.8, 4) is 0 Å². The number of aromatic nitrogens is 3. The third-order valence-electron chi connectivity index (χ3n) is 10.8. The van der Waals surface area contributed by atoms with E-state index in [2.05, 4.69) is 38.9 Å². The molecule has 1 aromatic carbocycles. The Balaban J connectivity index is 1.41. The molecule has 2 aromatic heterocycles. The summed E-state index contributed by atoms with van der Waals surface area (Å²) in [5, 5.41) is 4.09. The van der Waals surface area contributed by atoms with Crippen LogP contribution >= 0.6 is 0 Å². The van der Waals surface area contributed by atoms with Crippen LogP contribution in [0.4, 0.5) is 14.6 Å². The van der Waals surface area contributed by atoms with Gasteiger partial charge in [0.1, 0.15) is 24.3 Å². The lowest BCUT2D eigenvalue weighted by Gasteiger charge is -2.36. The number of rotatable bonds is 2. The van der Waals surface area contributed by atoms with E-state index >= 15 is 8.78 Å². The Morgan fingerprint density at radius 2 is 1.66 bits per heavy atom. The normalized spacial score (nSPS) is 25.2. The second kappa shape index (κ2) is 14.0. The predicted molar refractivity (Wildman–Crippen MR) is 181 cm³/mol. The van der Waals surface area contributed by atoms with Gasteiger partial charge in [-0.05, 0) is 116 Å². The first-order valence-electron chi connectivity index (χ1n) is 17.4. The number of carbonyl (C=O) groups is 1. The van der Waals surface area contributed by atoms with Gasteiger partial charge in [-0.15, -0.1) is 0 Å². The summed E-state index contributed by atoms with van der Waals surface area (Å²) in [6, 6.07) is 8.71. The number of benzene rings is 1. The molecule has 1 atom stereocenters. The van der Waals surface area contributed by atoms with E-state index < -0.39 is 11.8 Å². The van der Waals surface area contributed by atoms with Crippen LogP contribution in [-0.2, 0) is 17.3 Å². The van der Waals surface area contributed by atoms with Crippen molar-refractivity contribution in [3.05, 3.63) is 63.7 Å². The van der Waals surface area contributed by atoms with E-state index in [9.17, 15) is 9.59 Å². The van der Waals surface area contributed by atoms with Crippen LogP contribution in [0.15, 0.2) is 41.5 Å². The molecule has 47 heavy (non-hydrogen) atoms. The Morgan fingerprint density at radius 1 is 0.936 bits per heavy atom. The molecule has 3 aromatic rings. The van der Waals surface area contributed by atoms with Crippen LogP contribution in [0.2, 0.25) is 0 Å². The summed E-state index contributed by atoms with van der Waals surface area (Å²) in [4.78, 5) is 43.2. The molecule has 11 heteroatoms. The fourth-order valence-corrected chi connectivity index (χ4v) is 7.61. The Kier molecular flexibility index (Phi) is 9.94. The number of halogens is 2. The highest BCUT2D eigenvalue weighted by atomic mass is 19.3. The first-order chi connectivity index (χ1) is 22.5. The summed E-state index contributed by atoms with van der Waals surface area (Å²) < 4.78 is 33.4. The summed E-state index contributed by atoms with van der Waals surface area (Å²) in [5.74, 6) is -3.23. The maximum Gasteiger partial charge on any atom is 0.276 e. The van der Waals surface area contributed by atoms with Gasteiger partial charge < -0.3 is 20.0 Å². The lowest BCUT2D eigenvalue weighted by Crippen LogP contribution is -2.40. The number of pyridine rings is 1. The van der Waals surface area contributed by atoms with Gasteiger partial charge >= 0.3 is 0 Å². The van der Waals surface area contributed by atoms with Crippen molar-refractivity contribution in [2.45, 2.75) is 89.8 Å². The van der Waals surface area contributed by atoms with Gasteiger partial charge in [-0.2, -0.15) is 0 Å². The van der Waals surface area contributed by atoms with E-state index in [-0.39, 0.29) is 35.5 Å². The number of amides is 1. The van der Waals surface area contributed by atoms with Gasteiger partial charge in [-0.3, -0.25) is 14.2 Å². The van der Waals surface area contributed by atoms with E-state index in [1.807, 2.05) is 19.1 Å². The second-order valence-electron chi connectivity index (χ2n) is 14.1. The molecule has 2 fully saturated rings. The molecule has 254 valence electrons. The van der Waals surface area contributed by atoms with Crippen molar-refractivity contribution in [2.24, 2.45) is 5.92 Å². The van der Waals surface area contributed by atoms with Crippen LogP contribution in [0.5, 0.6) is 0 Å². The van der Waals surface area contributed by atoms with Crippen molar-refractivity contribution >= 4 is 22.8 Å². The van der Waals surface area contributed by atoms with Gasteiger partial charge in [-0.25, -0.2) is 18.7 Å². The van der Waals surface area contributed by atoms with E-state index in [4.69, 9.17) is 0 Å². The first-order valence-corrected chi connectivity index (χ1v) is 17.4. The summed E-state index contributed by atoms with van der Waals surface area (Å²) in [6.07, 6.45) is 5.65. The molecule has 1 amide bonds. The zero-order valence-corrected chi connectivity index (χ0v) is 28.2. The molecule has 1 N–H and O–H groups in total. The first kappa shape index (κ1) is 33.5. The number of likely N-dealkylation sites (tertiary alicyclic amines) is 1. The van der Waals surface area contributed by atoms with Gasteiger partial charge in [0.2, 0.25) is 5.91 Å². The maximum atomic E-state index is 15.9. The van der Waals surface area contributed by atoms with Crippen molar-refractivity contribution in [1.82, 2.24) is 29.2 Å².